The van der Waals surface area contributed by atoms with Gasteiger partial charge in [-0.15, -0.1) is 0 Å². The van der Waals surface area contributed by atoms with E-state index in [2.05, 4.69) is 15.6 Å². The third kappa shape index (κ3) is 4.21. The minimum absolute atomic E-state index is 0.244. The molecule has 0 aliphatic heterocycles. The van der Waals surface area contributed by atoms with Gasteiger partial charge in [-0.1, -0.05) is 11.6 Å². The molecule has 0 unspecified atom stereocenters. The number of aromatic amines is 1. The van der Waals surface area contributed by atoms with E-state index in [1.807, 2.05) is 6.20 Å². The number of halogens is 2. The number of anilines is 1. The van der Waals surface area contributed by atoms with Crippen LogP contribution in [0.2, 0.25) is 5.02 Å². The Bertz CT molecular complexity index is 912. The van der Waals surface area contributed by atoms with Gasteiger partial charge in [0.2, 0.25) is 0 Å². The van der Waals surface area contributed by atoms with Crippen LogP contribution in [0.5, 0.6) is 5.75 Å². The van der Waals surface area contributed by atoms with Gasteiger partial charge in [-0.25, -0.2) is 4.39 Å². The molecule has 0 aliphatic carbocycles. The molecule has 1 aromatic heterocycles. The van der Waals surface area contributed by atoms with Crippen LogP contribution in [0.1, 0.15) is 5.56 Å². The Balaban J connectivity index is 1.59. The fourth-order valence-electron chi connectivity index (χ4n) is 2.61. The first-order valence-corrected chi connectivity index (χ1v) is 8.49. The van der Waals surface area contributed by atoms with E-state index in [0.717, 1.165) is 16.5 Å². The number of hydrogen-bond donors (Lipinski definition) is 3. The third-order valence-corrected chi connectivity index (χ3v) is 4.30. The second kappa shape index (κ2) is 7.72. The minimum atomic E-state index is -0.244. The van der Waals surface area contributed by atoms with Crippen LogP contribution in [0.4, 0.5) is 10.1 Å². The molecule has 0 atom stereocenters. The molecule has 3 aromatic rings. The summed E-state index contributed by atoms with van der Waals surface area (Å²) >= 11 is 11.3. The number of ether oxygens (including phenoxy) is 1. The van der Waals surface area contributed by atoms with Crippen molar-refractivity contribution in [1.29, 1.82) is 0 Å². The Labute approximate surface area is 155 Å². The summed E-state index contributed by atoms with van der Waals surface area (Å²) in [6, 6.07) is 9.98. The number of hydrogen-bond acceptors (Lipinski definition) is 2. The largest absolute Gasteiger partial charge is 0.495 e. The maximum absolute atomic E-state index is 13.4. The van der Waals surface area contributed by atoms with Gasteiger partial charge < -0.3 is 20.4 Å². The number of H-pyrrole nitrogens is 1. The molecule has 0 bridgehead atoms. The van der Waals surface area contributed by atoms with Crippen LogP contribution in [-0.4, -0.2) is 23.8 Å². The Kier molecular flexibility index (Phi) is 5.40. The molecule has 0 saturated carbocycles. The molecule has 3 N–H and O–H groups in total. The topological polar surface area (TPSA) is 49.1 Å². The lowest BCUT2D eigenvalue weighted by Crippen LogP contribution is -2.30. The standard InChI is InChI=1S/C18H17ClFN3OS/c1-24-17-5-2-12(19)8-16(17)23-18(25)21-7-6-11-10-22-15-4-3-13(20)9-14(11)15/h2-5,8-10,22H,6-7H2,1H3,(H2,21,23,25). The zero-order valence-electron chi connectivity index (χ0n) is 13.5. The first kappa shape index (κ1) is 17.5. The normalized spacial score (nSPS) is 10.7. The number of aromatic nitrogens is 1. The summed E-state index contributed by atoms with van der Waals surface area (Å²) in [6.07, 6.45) is 2.60. The third-order valence-electron chi connectivity index (χ3n) is 3.82. The van der Waals surface area contributed by atoms with Crippen LogP contribution >= 0.6 is 23.8 Å². The maximum Gasteiger partial charge on any atom is 0.170 e. The monoisotopic (exact) mass is 377 g/mol. The highest BCUT2D eigenvalue weighted by atomic mass is 35.5. The van der Waals surface area contributed by atoms with Crippen molar-refractivity contribution < 1.29 is 9.13 Å². The zero-order chi connectivity index (χ0) is 17.8. The lowest BCUT2D eigenvalue weighted by molar-refractivity contribution is 0.417. The van der Waals surface area contributed by atoms with Gasteiger partial charge in [0.15, 0.2) is 5.11 Å². The van der Waals surface area contributed by atoms with Crippen molar-refractivity contribution in [2.45, 2.75) is 6.42 Å². The van der Waals surface area contributed by atoms with Gasteiger partial charge in [0, 0.05) is 28.7 Å². The Morgan fingerprint density at radius 1 is 1.28 bits per heavy atom. The highest BCUT2D eigenvalue weighted by molar-refractivity contribution is 7.80. The van der Waals surface area contributed by atoms with Crippen LogP contribution in [0, 0.1) is 5.82 Å². The summed E-state index contributed by atoms with van der Waals surface area (Å²) in [6.45, 7) is 0.609. The van der Waals surface area contributed by atoms with Crippen LogP contribution in [0.25, 0.3) is 10.9 Å². The van der Waals surface area contributed by atoms with E-state index < -0.39 is 0 Å². The summed E-state index contributed by atoms with van der Waals surface area (Å²) in [7, 11) is 1.58. The van der Waals surface area contributed by atoms with Gasteiger partial charge >= 0.3 is 0 Å². The second-order valence-electron chi connectivity index (χ2n) is 5.48. The number of thiocarbonyl (C=S) groups is 1. The van der Waals surface area contributed by atoms with E-state index in [4.69, 9.17) is 28.6 Å². The molecule has 2 aromatic carbocycles. The van der Waals surface area contributed by atoms with Gasteiger partial charge in [0.05, 0.1) is 12.8 Å². The highest BCUT2D eigenvalue weighted by Crippen LogP contribution is 2.27. The fourth-order valence-corrected chi connectivity index (χ4v) is 3.00. The molecule has 1 heterocycles. The summed E-state index contributed by atoms with van der Waals surface area (Å²) in [5.41, 5.74) is 2.65. The molecule has 3 rings (SSSR count). The summed E-state index contributed by atoms with van der Waals surface area (Å²) in [5, 5.41) is 8.15. The van der Waals surface area contributed by atoms with E-state index in [-0.39, 0.29) is 5.82 Å². The van der Waals surface area contributed by atoms with E-state index in [1.165, 1.54) is 12.1 Å². The van der Waals surface area contributed by atoms with Crippen molar-refractivity contribution in [1.82, 2.24) is 10.3 Å². The number of nitrogens with one attached hydrogen (secondary N) is 3. The molecular weight excluding hydrogens is 361 g/mol. The van der Waals surface area contributed by atoms with Gasteiger partial charge in [0.1, 0.15) is 11.6 Å². The first-order chi connectivity index (χ1) is 12.1. The molecule has 0 fully saturated rings. The molecule has 7 heteroatoms. The van der Waals surface area contributed by atoms with Crippen LogP contribution in [0.15, 0.2) is 42.6 Å². The van der Waals surface area contributed by atoms with Gasteiger partial charge in [-0.05, 0) is 60.6 Å². The lowest BCUT2D eigenvalue weighted by Gasteiger charge is -2.13. The molecule has 0 spiro atoms. The highest BCUT2D eigenvalue weighted by Gasteiger charge is 2.07. The minimum Gasteiger partial charge on any atom is -0.495 e. The summed E-state index contributed by atoms with van der Waals surface area (Å²) < 4.78 is 18.7. The number of benzene rings is 2. The average Bonchev–Trinajstić information content (AvgIpc) is 2.97. The van der Waals surface area contributed by atoms with Crippen molar-refractivity contribution in [2.24, 2.45) is 0 Å². The Morgan fingerprint density at radius 2 is 2.12 bits per heavy atom. The Hall–Kier alpha value is -2.31. The van der Waals surface area contributed by atoms with E-state index in [1.54, 1.807) is 31.4 Å². The second-order valence-corrected chi connectivity index (χ2v) is 6.32. The van der Waals surface area contributed by atoms with E-state index in [9.17, 15) is 4.39 Å². The van der Waals surface area contributed by atoms with Crippen molar-refractivity contribution in [3.63, 3.8) is 0 Å². The molecule has 0 aliphatic rings. The quantitative estimate of drug-likeness (QED) is 0.573. The van der Waals surface area contributed by atoms with Crippen LogP contribution in [0.3, 0.4) is 0 Å². The molecular formula is C18H17ClFN3OS. The van der Waals surface area contributed by atoms with Crippen LogP contribution in [-0.2, 0) is 6.42 Å². The SMILES string of the molecule is COc1ccc(Cl)cc1NC(=S)NCCc1c[nH]c2ccc(F)cc12. The molecule has 0 amide bonds. The first-order valence-electron chi connectivity index (χ1n) is 7.70. The zero-order valence-corrected chi connectivity index (χ0v) is 15.1. The number of methoxy groups -OCH3 is 1. The van der Waals surface area contributed by atoms with Crippen LogP contribution < -0.4 is 15.4 Å². The predicted molar refractivity (Wildman–Crippen MR) is 104 cm³/mol. The fraction of sp³-hybridized carbons (Fsp3) is 0.167. The maximum atomic E-state index is 13.4. The Morgan fingerprint density at radius 3 is 2.92 bits per heavy atom. The van der Waals surface area contributed by atoms with Crippen molar-refractivity contribution in [3.8, 4) is 5.75 Å². The van der Waals surface area contributed by atoms with Crippen molar-refractivity contribution in [3.05, 3.63) is 59.0 Å². The predicted octanol–water partition coefficient (Wildman–Crippen LogP) is 4.50. The smallest absolute Gasteiger partial charge is 0.170 e. The lowest BCUT2D eigenvalue weighted by atomic mass is 10.1. The molecule has 0 saturated heterocycles. The van der Waals surface area contributed by atoms with E-state index >= 15 is 0 Å². The van der Waals surface area contributed by atoms with Gasteiger partial charge in [0.25, 0.3) is 0 Å². The molecule has 4 nitrogen and oxygen atoms in total. The molecule has 25 heavy (non-hydrogen) atoms. The van der Waals surface area contributed by atoms with Crippen molar-refractivity contribution in [2.75, 3.05) is 19.0 Å². The average molecular weight is 378 g/mol. The van der Waals surface area contributed by atoms with Gasteiger partial charge in [-0.2, -0.15) is 0 Å². The number of fused-ring (bicyclic) bond motifs is 1. The number of rotatable bonds is 5. The van der Waals surface area contributed by atoms with Crippen molar-refractivity contribution >= 4 is 45.5 Å². The molecule has 0 radical (unpaired) electrons. The summed E-state index contributed by atoms with van der Waals surface area (Å²) in [4.78, 5) is 3.14. The van der Waals surface area contributed by atoms with Gasteiger partial charge in [-0.3, -0.25) is 0 Å². The van der Waals surface area contributed by atoms with E-state index in [0.29, 0.717) is 34.5 Å². The summed E-state index contributed by atoms with van der Waals surface area (Å²) in [5.74, 6) is 0.409. The molecule has 130 valence electrons.